The van der Waals surface area contributed by atoms with Crippen molar-refractivity contribution in [1.29, 1.82) is 0 Å². The van der Waals surface area contributed by atoms with Crippen LogP contribution in [0.5, 0.6) is 5.75 Å². The van der Waals surface area contributed by atoms with Gasteiger partial charge in [0.1, 0.15) is 17.4 Å². The van der Waals surface area contributed by atoms with E-state index in [0.29, 0.717) is 16.5 Å². The lowest BCUT2D eigenvalue weighted by atomic mass is 9.74. The van der Waals surface area contributed by atoms with E-state index in [2.05, 4.69) is 10.6 Å². The molecule has 2 aromatic rings. The Morgan fingerprint density at radius 1 is 1.05 bits per heavy atom. The Morgan fingerprint density at radius 2 is 1.77 bits per heavy atom. The second-order valence-electron chi connectivity index (χ2n) is 10.9. The zero-order chi connectivity index (χ0) is 27.1. The summed E-state index contributed by atoms with van der Waals surface area (Å²) in [5.41, 5.74) is 0.239. The molecule has 1 saturated carbocycles. The Morgan fingerprint density at radius 3 is 2.46 bits per heavy atom. The van der Waals surface area contributed by atoms with Crippen molar-refractivity contribution in [3.05, 3.63) is 71.3 Å². The van der Waals surface area contributed by atoms with Crippen molar-refractivity contribution in [2.24, 2.45) is 11.8 Å². The molecule has 204 valence electrons. The van der Waals surface area contributed by atoms with E-state index >= 15 is 0 Å². The SMILES string of the molecule is COc1ccc(NC(=O)C2[C@@H]3C=CC4(O3)C(C(=O)NC3CCCCC3)N(Cc3ccc(Cl)cc3)C(=O)[C@H]24)cc1. The molecule has 2 aromatic carbocycles. The summed E-state index contributed by atoms with van der Waals surface area (Å²) in [7, 11) is 1.58. The van der Waals surface area contributed by atoms with Gasteiger partial charge in [-0.2, -0.15) is 0 Å². The minimum absolute atomic E-state index is 0.0749. The number of ether oxygens (including phenoxy) is 2. The van der Waals surface area contributed by atoms with Crippen molar-refractivity contribution in [2.75, 3.05) is 12.4 Å². The molecule has 3 aliphatic heterocycles. The van der Waals surface area contributed by atoms with Crippen molar-refractivity contribution in [1.82, 2.24) is 10.2 Å². The molecule has 3 unspecified atom stereocenters. The fourth-order valence-corrected chi connectivity index (χ4v) is 6.78. The molecule has 4 aliphatic rings. The predicted molar refractivity (Wildman–Crippen MR) is 146 cm³/mol. The minimum Gasteiger partial charge on any atom is -0.497 e. The van der Waals surface area contributed by atoms with Crippen molar-refractivity contribution in [3.8, 4) is 5.75 Å². The summed E-state index contributed by atoms with van der Waals surface area (Å²) < 4.78 is 11.6. The summed E-state index contributed by atoms with van der Waals surface area (Å²) in [6.45, 7) is 0.214. The van der Waals surface area contributed by atoms with Crippen LogP contribution in [0.3, 0.4) is 0 Å². The van der Waals surface area contributed by atoms with Crippen LogP contribution in [-0.2, 0) is 25.7 Å². The van der Waals surface area contributed by atoms with Crippen LogP contribution in [0.15, 0.2) is 60.7 Å². The maximum atomic E-state index is 14.1. The molecule has 6 rings (SSSR count). The fraction of sp³-hybridized carbons (Fsp3) is 0.433. The van der Waals surface area contributed by atoms with Gasteiger partial charge in [-0.05, 0) is 54.8 Å². The van der Waals surface area contributed by atoms with E-state index in [9.17, 15) is 14.4 Å². The van der Waals surface area contributed by atoms with Crippen LogP contribution in [0.4, 0.5) is 5.69 Å². The number of nitrogens with zero attached hydrogens (tertiary/aromatic N) is 1. The monoisotopic (exact) mass is 549 g/mol. The average Bonchev–Trinajstić information content (AvgIpc) is 3.58. The van der Waals surface area contributed by atoms with Gasteiger partial charge in [-0.15, -0.1) is 0 Å². The quantitative estimate of drug-likeness (QED) is 0.507. The zero-order valence-corrected chi connectivity index (χ0v) is 22.5. The van der Waals surface area contributed by atoms with E-state index in [-0.39, 0.29) is 30.3 Å². The highest BCUT2D eigenvalue weighted by atomic mass is 35.5. The molecule has 0 aromatic heterocycles. The number of likely N-dealkylation sites (tertiary alicyclic amines) is 1. The summed E-state index contributed by atoms with van der Waals surface area (Å²) in [4.78, 5) is 43.2. The van der Waals surface area contributed by atoms with E-state index in [1.165, 1.54) is 6.42 Å². The third kappa shape index (κ3) is 4.59. The first-order valence-electron chi connectivity index (χ1n) is 13.6. The lowest BCUT2D eigenvalue weighted by molar-refractivity contribution is -0.142. The molecule has 5 atom stereocenters. The van der Waals surface area contributed by atoms with Crippen molar-refractivity contribution in [3.63, 3.8) is 0 Å². The van der Waals surface area contributed by atoms with Gasteiger partial charge in [-0.3, -0.25) is 14.4 Å². The smallest absolute Gasteiger partial charge is 0.246 e. The Balaban J connectivity index is 1.30. The number of nitrogens with one attached hydrogen (secondary N) is 2. The maximum Gasteiger partial charge on any atom is 0.246 e. The third-order valence-electron chi connectivity index (χ3n) is 8.50. The van der Waals surface area contributed by atoms with E-state index in [4.69, 9.17) is 21.1 Å². The molecule has 8 nitrogen and oxygen atoms in total. The molecule has 3 amide bonds. The van der Waals surface area contributed by atoms with Crippen LogP contribution in [0.1, 0.15) is 37.7 Å². The Hall–Kier alpha value is -3.36. The average molecular weight is 550 g/mol. The number of rotatable bonds is 7. The molecule has 9 heteroatoms. The minimum atomic E-state index is -1.20. The number of carbonyl (C=O) groups excluding carboxylic acids is 3. The number of methoxy groups -OCH3 is 1. The molecule has 1 spiro atoms. The van der Waals surface area contributed by atoms with Gasteiger partial charge in [0.25, 0.3) is 0 Å². The highest BCUT2D eigenvalue weighted by Crippen LogP contribution is 2.55. The number of amides is 3. The van der Waals surface area contributed by atoms with Crippen molar-refractivity contribution >= 4 is 35.0 Å². The molecule has 2 N–H and O–H groups in total. The lowest BCUT2D eigenvalue weighted by Crippen LogP contribution is -2.56. The summed E-state index contributed by atoms with van der Waals surface area (Å²) in [5.74, 6) is -1.68. The second-order valence-corrected chi connectivity index (χ2v) is 11.3. The van der Waals surface area contributed by atoms with Gasteiger partial charge in [0, 0.05) is 23.3 Å². The summed E-state index contributed by atoms with van der Waals surface area (Å²) in [6.07, 6.45) is 8.24. The number of benzene rings is 2. The van der Waals surface area contributed by atoms with Gasteiger partial charge in [0.05, 0.1) is 25.0 Å². The van der Waals surface area contributed by atoms with Crippen molar-refractivity contribution in [2.45, 2.75) is 62.4 Å². The highest BCUT2D eigenvalue weighted by Gasteiger charge is 2.72. The lowest BCUT2D eigenvalue weighted by Gasteiger charge is -2.34. The largest absolute Gasteiger partial charge is 0.497 e. The standard InChI is InChI=1S/C30H32ClN3O5/c1-38-22-13-11-21(12-14-22)32-27(35)24-23-15-16-30(39-23)25(24)29(37)34(17-18-7-9-19(31)10-8-18)26(30)28(36)33-20-5-3-2-4-6-20/h7-16,20,23-26H,2-6,17H2,1H3,(H,32,35)(H,33,36)/t23-,24?,25-,26?,30?/m0/s1. The van der Waals surface area contributed by atoms with E-state index in [1.807, 2.05) is 24.3 Å². The van der Waals surface area contributed by atoms with E-state index < -0.39 is 29.6 Å². The van der Waals surface area contributed by atoms with Gasteiger partial charge >= 0.3 is 0 Å². The molecular weight excluding hydrogens is 518 g/mol. The van der Waals surface area contributed by atoms with Crippen LogP contribution in [0.25, 0.3) is 0 Å². The van der Waals surface area contributed by atoms with E-state index in [1.54, 1.807) is 48.4 Å². The molecule has 3 fully saturated rings. The number of hydrogen-bond donors (Lipinski definition) is 2. The van der Waals surface area contributed by atoms with Crippen molar-refractivity contribution < 1.29 is 23.9 Å². The first kappa shape index (κ1) is 25.9. The fourth-order valence-electron chi connectivity index (χ4n) is 6.65. The molecule has 0 radical (unpaired) electrons. The molecule has 1 aliphatic carbocycles. The first-order valence-corrected chi connectivity index (χ1v) is 13.9. The van der Waals surface area contributed by atoms with Crippen LogP contribution in [-0.4, -0.2) is 53.5 Å². The van der Waals surface area contributed by atoms with Gasteiger partial charge in [-0.25, -0.2) is 0 Å². The number of hydrogen-bond acceptors (Lipinski definition) is 5. The van der Waals surface area contributed by atoms with Crippen LogP contribution in [0.2, 0.25) is 5.02 Å². The Bertz CT molecular complexity index is 1290. The number of fused-ring (bicyclic) bond motifs is 1. The van der Waals surface area contributed by atoms with Gasteiger partial charge in [0.15, 0.2) is 0 Å². The number of halogens is 1. The zero-order valence-electron chi connectivity index (χ0n) is 21.8. The molecular formula is C30H32ClN3O5. The molecule has 2 bridgehead atoms. The molecule has 3 heterocycles. The number of carbonyl (C=O) groups is 3. The predicted octanol–water partition coefficient (Wildman–Crippen LogP) is 4.09. The summed E-state index contributed by atoms with van der Waals surface area (Å²) >= 11 is 6.08. The van der Waals surface area contributed by atoms with Crippen LogP contribution < -0.4 is 15.4 Å². The summed E-state index contributed by atoms with van der Waals surface area (Å²) in [5, 5.41) is 6.74. The molecule has 2 saturated heterocycles. The Labute approximate surface area is 232 Å². The van der Waals surface area contributed by atoms with Gasteiger partial charge in [0.2, 0.25) is 17.7 Å². The van der Waals surface area contributed by atoms with Gasteiger partial charge < -0.3 is 25.0 Å². The number of anilines is 1. The normalized spacial score (nSPS) is 29.4. The Kier molecular flexibility index (Phi) is 6.85. The highest BCUT2D eigenvalue weighted by molar-refractivity contribution is 6.30. The van der Waals surface area contributed by atoms with Crippen LogP contribution in [0, 0.1) is 11.8 Å². The van der Waals surface area contributed by atoms with E-state index in [0.717, 1.165) is 31.2 Å². The van der Waals surface area contributed by atoms with Gasteiger partial charge in [-0.1, -0.05) is 55.1 Å². The maximum absolute atomic E-state index is 14.1. The second kappa shape index (κ2) is 10.3. The summed E-state index contributed by atoms with van der Waals surface area (Å²) in [6, 6.07) is 13.4. The van der Waals surface area contributed by atoms with Crippen LogP contribution >= 0.6 is 11.6 Å². The first-order chi connectivity index (χ1) is 18.9. The topological polar surface area (TPSA) is 97.0 Å². The third-order valence-corrected chi connectivity index (χ3v) is 8.75. The molecule has 39 heavy (non-hydrogen) atoms.